The van der Waals surface area contributed by atoms with Crippen LogP contribution in [0.3, 0.4) is 0 Å². The number of rotatable bonds is 3. The number of anilines is 1. The largest absolute Gasteiger partial charge is 0.505 e. The SMILES string of the molecule is Cc1ccc(CNc2ccc(O)c(F)c2)o1. The second-order valence-electron chi connectivity index (χ2n) is 3.53. The van der Waals surface area contributed by atoms with E-state index in [4.69, 9.17) is 9.52 Å². The number of benzene rings is 1. The first-order valence-electron chi connectivity index (χ1n) is 4.93. The third kappa shape index (κ3) is 2.34. The molecule has 1 heterocycles. The molecule has 0 spiro atoms. The molecule has 84 valence electrons. The summed E-state index contributed by atoms with van der Waals surface area (Å²) in [7, 11) is 0. The summed E-state index contributed by atoms with van der Waals surface area (Å²) in [5.74, 6) is 0.639. The van der Waals surface area contributed by atoms with Crippen LogP contribution in [0.2, 0.25) is 0 Å². The van der Waals surface area contributed by atoms with Crippen LogP contribution < -0.4 is 5.32 Å². The van der Waals surface area contributed by atoms with Gasteiger partial charge in [0.25, 0.3) is 0 Å². The molecule has 4 heteroatoms. The van der Waals surface area contributed by atoms with Gasteiger partial charge in [0.1, 0.15) is 11.5 Å². The fourth-order valence-electron chi connectivity index (χ4n) is 1.39. The first-order chi connectivity index (χ1) is 7.65. The molecule has 0 radical (unpaired) electrons. The quantitative estimate of drug-likeness (QED) is 0.783. The summed E-state index contributed by atoms with van der Waals surface area (Å²) in [6.45, 7) is 2.35. The Morgan fingerprint density at radius 2 is 2.12 bits per heavy atom. The first kappa shape index (κ1) is 10.5. The average molecular weight is 221 g/mol. The number of phenols is 1. The molecule has 16 heavy (non-hydrogen) atoms. The number of phenolic OH excluding ortho intramolecular Hbond substituents is 1. The summed E-state index contributed by atoms with van der Waals surface area (Å²) in [5.41, 5.74) is 0.601. The smallest absolute Gasteiger partial charge is 0.166 e. The molecule has 2 N–H and O–H groups in total. The molecule has 0 aliphatic carbocycles. The van der Waals surface area contributed by atoms with Gasteiger partial charge in [-0.05, 0) is 31.2 Å². The molecule has 0 saturated carbocycles. The van der Waals surface area contributed by atoms with Crippen molar-refractivity contribution in [2.24, 2.45) is 0 Å². The lowest BCUT2D eigenvalue weighted by molar-refractivity contribution is 0.432. The highest BCUT2D eigenvalue weighted by molar-refractivity contribution is 5.46. The third-order valence-corrected chi connectivity index (χ3v) is 2.21. The number of hydrogen-bond donors (Lipinski definition) is 2. The van der Waals surface area contributed by atoms with Gasteiger partial charge < -0.3 is 14.8 Å². The van der Waals surface area contributed by atoms with Crippen LogP contribution in [-0.4, -0.2) is 5.11 Å². The third-order valence-electron chi connectivity index (χ3n) is 2.21. The van der Waals surface area contributed by atoms with Gasteiger partial charge in [0.15, 0.2) is 11.6 Å². The van der Waals surface area contributed by atoms with Crippen molar-refractivity contribution in [1.82, 2.24) is 0 Å². The maximum atomic E-state index is 13.0. The Balaban J connectivity index is 2.02. The zero-order valence-corrected chi connectivity index (χ0v) is 8.83. The molecule has 0 aliphatic heterocycles. The van der Waals surface area contributed by atoms with Gasteiger partial charge in [0.2, 0.25) is 0 Å². The van der Waals surface area contributed by atoms with E-state index >= 15 is 0 Å². The van der Waals surface area contributed by atoms with Crippen molar-refractivity contribution in [2.75, 3.05) is 5.32 Å². The van der Waals surface area contributed by atoms with Gasteiger partial charge in [-0.2, -0.15) is 0 Å². The number of aryl methyl sites for hydroxylation is 1. The van der Waals surface area contributed by atoms with Gasteiger partial charge in [0, 0.05) is 11.8 Å². The van der Waals surface area contributed by atoms with E-state index in [1.165, 1.54) is 12.1 Å². The molecule has 2 rings (SSSR count). The topological polar surface area (TPSA) is 45.4 Å². The van der Waals surface area contributed by atoms with Gasteiger partial charge in [-0.25, -0.2) is 4.39 Å². The van der Waals surface area contributed by atoms with E-state index in [0.717, 1.165) is 11.5 Å². The zero-order chi connectivity index (χ0) is 11.5. The molecule has 0 unspecified atom stereocenters. The van der Waals surface area contributed by atoms with Crippen LogP contribution in [-0.2, 0) is 6.54 Å². The van der Waals surface area contributed by atoms with Crippen molar-refractivity contribution in [2.45, 2.75) is 13.5 Å². The van der Waals surface area contributed by atoms with Gasteiger partial charge in [-0.15, -0.1) is 0 Å². The van der Waals surface area contributed by atoms with Crippen molar-refractivity contribution in [3.8, 4) is 5.75 Å². The Morgan fingerprint density at radius 3 is 2.75 bits per heavy atom. The van der Waals surface area contributed by atoms with Crippen molar-refractivity contribution in [1.29, 1.82) is 0 Å². The van der Waals surface area contributed by atoms with E-state index in [2.05, 4.69) is 5.32 Å². The van der Waals surface area contributed by atoms with Crippen LogP contribution in [0.1, 0.15) is 11.5 Å². The van der Waals surface area contributed by atoms with E-state index in [9.17, 15) is 4.39 Å². The minimum Gasteiger partial charge on any atom is -0.505 e. The number of halogens is 1. The molecule has 2 aromatic rings. The van der Waals surface area contributed by atoms with Gasteiger partial charge in [-0.1, -0.05) is 0 Å². The first-order valence-corrected chi connectivity index (χ1v) is 4.93. The number of aromatic hydroxyl groups is 1. The molecule has 3 nitrogen and oxygen atoms in total. The van der Waals surface area contributed by atoms with E-state index in [0.29, 0.717) is 12.2 Å². The Hall–Kier alpha value is -1.97. The fraction of sp³-hybridized carbons (Fsp3) is 0.167. The predicted octanol–water partition coefficient (Wildman–Crippen LogP) is 3.04. The monoisotopic (exact) mass is 221 g/mol. The van der Waals surface area contributed by atoms with Crippen molar-refractivity contribution in [3.63, 3.8) is 0 Å². The van der Waals surface area contributed by atoms with E-state index in [1.807, 2.05) is 19.1 Å². The summed E-state index contributed by atoms with van der Waals surface area (Å²) < 4.78 is 18.3. The van der Waals surface area contributed by atoms with E-state index in [-0.39, 0.29) is 5.75 Å². The molecule has 0 amide bonds. The van der Waals surface area contributed by atoms with Crippen molar-refractivity contribution >= 4 is 5.69 Å². The molecule has 0 atom stereocenters. The van der Waals surface area contributed by atoms with Crippen molar-refractivity contribution in [3.05, 3.63) is 47.7 Å². The summed E-state index contributed by atoms with van der Waals surface area (Å²) >= 11 is 0. The maximum absolute atomic E-state index is 13.0. The minimum absolute atomic E-state index is 0.348. The molecule has 0 bridgehead atoms. The van der Waals surface area contributed by atoms with Gasteiger partial charge in [-0.3, -0.25) is 0 Å². The lowest BCUT2D eigenvalue weighted by Gasteiger charge is -2.04. The average Bonchev–Trinajstić information content (AvgIpc) is 2.66. The molecule has 0 aliphatic rings. The molecule has 0 fully saturated rings. The molecule has 0 saturated heterocycles. The summed E-state index contributed by atoms with van der Waals surface area (Å²) in [6, 6.07) is 7.89. The van der Waals surface area contributed by atoms with Crippen LogP contribution in [0.5, 0.6) is 5.75 Å². The standard InChI is InChI=1S/C12H12FNO2/c1-8-2-4-10(16-8)7-14-9-3-5-12(15)11(13)6-9/h2-6,14-15H,7H2,1H3. The summed E-state index contributed by atoms with van der Waals surface area (Å²) in [5, 5.41) is 12.0. The Morgan fingerprint density at radius 1 is 1.31 bits per heavy atom. The number of furan rings is 1. The van der Waals surface area contributed by atoms with E-state index in [1.54, 1.807) is 6.07 Å². The van der Waals surface area contributed by atoms with Crippen LogP contribution in [0.15, 0.2) is 34.7 Å². The highest BCUT2D eigenvalue weighted by atomic mass is 19.1. The highest BCUT2D eigenvalue weighted by Gasteiger charge is 2.02. The Labute approximate surface area is 92.5 Å². The fourth-order valence-corrected chi connectivity index (χ4v) is 1.39. The van der Waals surface area contributed by atoms with Gasteiger partial charge in [0.05, 0.1) is 6.54 Å². The minimum atomic E-state index is -0.638. The zero-order valence-electron chi connectivity index (χ0n) is 8.83. The van der Waals surface area contributed by atoms with Gasteiger partial charge >= 0.3 is 0 Å². The molecular weight excluding hydrogens is 209 g/mol. The second kappa shape index (κ2) is 4.26. The lowest BCUT2D eigenvalue weighted by Crippen LogP contribution is -1.98. The summed E-state index contributed by atoms with van der Waals surface area (Å²) in [4.78, 5) is 0. The van der Waals surface area contributed by atoms with Crippen LogP contribution in [0.4, 0.5) is 10.1 Å². The highest BCUT2D eigenvalue weighted by Crippen LogP contribution is 2.20. The van der Waals surface area contributed by atoms with Crippen LogP contribution >= 0.6 is 0 Å². The van der Waals surface area contributed by atoms with Crippen LogP contribution in [0.25, 0.3) is 0 Å². The maximum Gasteiger partial charge on any atom is 0.166 e. The normalized spacial score (nSPS) is 10.4. The molecule has 1 aromatic carbocycles. The number of hydrogen-bond acceptors (Lipinski definition) is 3. The Kier molecular flexibility index (Phi) is 2.81. The predicted molar refractivity (Wildman–Crippen MR) is 58.8 cm³/mol. The van der Waals surface area contributed by atoms with Crippen molar-refractivity contribution < 1.29 is 13.9 Å². The molecular formula is C12H12FNO2. The van der Waals surface area contributed by atoms with Crippen LogP contribution in [0, 0.1) is 12.7 Å². The summed E-state index contributed by atoms with van der Waals surface area (Å²) in [6.07, 6.45) is 0. The number of nitrogens with one attached hydrogen (secondary N) is 1. The lowest BCUT2D eigenvalue weighted by atomic mass is 10.3. The van der Waals surface area contributed by atoms with E-state index < -0.39 is 5.82 Å². The second-order valence-corrected chi connectivity index (χ2v) is 3.53. The Bertz CT molecular complexity index is 494. The molecule has 1 aromatic heterocycles.